The molecule has 6 heteroatoms. The van der Waals surface area contributed by atoms with Crippen molar-refractivity contribution in [2.24, 2.45) is 5.73 Å². The Bertz CT molecular complexity index is 345. The molecule has 0 aromatic carbocycles. The maximum Gasteiger partial charge on any atom is 0.164 e. The number of rotatable bonds is 2. The Kier molecular flexibility index (Phi) is 2.75. The lowest BCUT2D eigenvalue weighted by Gasteiger charge is -2.23. The predicted octanol–water partition coefficient (Wildman–Crippen LogP) is 0.342. The Hall–Kier alpha value is -0.240. The summed E-state index contributed by atoms with van der Waals surface area (Å²) in [5.74, 6) is -1.21. The van der Waals surface area contributed by atoms with Crippen molar-refractivity contribution in [2.45, 2.75) is 69.9 Å². The van der Waals surface area contributed by atoms with E-state index < -0.39 is 11.6 Å². The smallest absolute Gasteiger partial charge is 0.164 e. The zero-order valence-corrected chi connectivity index (χ0v) is 11.2. The van der Waals surface area contributed by atoms with Crippen LogP contribution in [-0.2, 0) is 23.7 Å². The molecule has 6 nitrogen and oxygen atoms in total. The van der Waals surface area contributed by atoms with Crippen LogP contribution in [0.15, 0.2) is 0 Å². The third-order valence-corrected chi connectivity index (χ3v) is 3.45. The van der Waals surface area contributed by atoms with Crippen molar-refractivity contribution < 1.29 is 23.7 Å². The second-order valence-corrected chi connectivity index (χ2v) is 6.00. The summed E-state index contributed by atoms with van der Waals surface area (Å²) in [6.07, 6.45) is -0.921. The predicted molar refractivity (Wildman–Crippen MR) is 61.6 cm³/mol. The molecule has 104 valence electrons. The topological polar surface area (TPSA) is 75.5 Å². The van der Waals surface area contributed by atoms with Crippen molar-refractivity contribution in [3.63, 3.8) is 0 Å². The van der Waals surface area contributed by atoms with Crippen LogP contribution in [0, 0.1) is 0 Å². The first-order valence-electron chi connectivity index (χ1n) is 6.36. The first kappa shape index (κ1) is 12.8. The zero-order chi connectivity index (χ0) is 13.1. The van der Waals surface area contributed by atoms with Gasteiger partial charge in [0.05, 0.1) is 6.61 Å². The molecule has 2 N–H and O–H groups in total. The number of hydrogen-bond acceptors (Lipinski definition) is 6. The van der Waals surface area contributed by atoms with Gasteiger partial charge in [-0.15, -0.1) is 0 Å². The number of epoxide rings is 1. The summed E-state index contributed by atoms with van der Waals surface area (Å²) in [4.78, 5) is 0. The molecular formula is C12H21NO5. The molecule has 3 rings (SSSR count). The quantitative estimate of drug-likeness (QED) is 0.721. The van der Waals surface area contributed by atoms with Crippen molar-refractivity contribution in [1.82, 2.24) is 0 Å². The molecule has 0 spiro atoms. The highest BCUT2D eigenvalue weighted by Crippen LogP contribution is 2.40. The lowest BCUT2D eigenvalue weighted by molar-refractivity contribution is -0.174. The minimum absolute atomic E-state index is 0.107. The molecule has 18 heavy (non-hydrogen) atoms. The summed E-state index contributed by atoms with van der Waals surface area (Å²) in [5.41, 5.74) is 5.72. The SMILES string of the molecule is CC1(C)O[C@H]([C@@H]2OC2N)[C@@H]([C@H]2COC(C)(C)O2)O1. The minimum atomic E-state index is -0.642. The van der Waals surface area contributed by atoms with Crippen molar-refractivity contribution >= 4 is 0 Å². The van der Waals surface area contributed by atoms with E-state index in [1.54, 1.807) is 0 Å². The first-order valence-corrected chi connectivity index (χ1v) is 6.36. The molecule has 0 aromatic rings. The summed E-state index contributed by atoms with van der Waals surface area (Å²) in [7, 11) is 0. The zero-order valence-electron chi connectivity index (χ0n) is 11.2. The van der Waals surface area contributed by atoms with Gasteiger partial charge in [0.2, 0.25) is 0 Å². The number of nitrogens with two attached hydrogens (primary N) is 1. The van der Waals surface area contributed by atoms with Crippen molar-refractivity contribution in [3.8, 4) is 0 Å². The number of hydrogen-bond donors (Lipinski definition) is 1. The monoisotopic (exact) mass is 259 g/mol. The van der Waals surface area contributed by atoms with E-state index in [0.29, 0.717) is 6.61 Å². The van der Waals surface area contributed by atoms with E-state index in [4.69, 9.17) is 29.4 Å². The molecular weight excluding hydrogens is 238 g/mol. The van der Waals surface area contributed by atoms with Gasteiger partial charge in [0, 0.05) is 0 Å². The summed E-state index contributed by atoms with van der Waals surface area (Å²) >= 11 is 0. The second-order valence-electron chi connectivity index (χ2n) is 6.00. The molecule has 5 atom stereocenters. The molecule has 3 fully saturated rings. The maximum atomic E-state index is 5.93. The average Bonchev–Trinajstić information content (AvgIpc) is 2.69. The molecule has 1 unspecified atom stereocenters. The van der Waals surface area contributed by atoms with Crippen LogP contribution in [0.25, 0.3) is 0 Å². The molecule has 3 aliphatic rings. The summed E-state index contributed by atoms with van der Waals surface area (Å²) in [6.45, 7) is 8.05. The minimum Gasteiger partial charge on any atom is -0.351 e. The van der Waals surface area contributed by atoms with Gasteiger partial charge < -0.3 is 29.4 Å². The Balaban J connectivity index is 1.73. The van der Waals surface area contributed by atoms with Crippen LogP contribution >= 0.6 is 0 Å². The van der Waals surface area contributed by atoms with Crippen molar-refractivity contribution in [1.29, 1.82) is 0 Å². The van der Waals surface area contributed by atoms with E-state index in [9.17, 15) is 0 Å². The van der Waals surface area contributed by atoms with Gasteiger partial charge in [-0.3, -0.25) is 0 Å². The highest BCUT2D eigenvalue weighted by Gasteiger charge is 2.58. The van der Waals surface area contributed by atoms with Gasteiger partial charge in [0.25, 0.3) is 0 Å². The Labute approximate surface area is 107 Å². The summed E-state index contributed by atoms with van der Waals surface area (Å²) in [5, 5.41) is 0. The highest BCUT2D eigenvalue weighted by molar-refractivity contribution is 5.00. The maximum absolute atomic E-state index is 5.93. The van der Waals surface area contributed by atoms with Crippen LogP contribution in [0.5, 0.6) is 0 Å². The summed E-state index contributed by atoms with van der Waals surface area (Å²) < 4.78 is 28.5. The molecule has 0 aliphatic carbocycles. The Morgan fingerprint density at radius 1 is 0.889 bits per heavy atom. The van der Waals surface area contributed by atoms with E-state index in [1.165, 1.54) is 0 Å². The Morgan fingerprint density at radius 3 is 2.00 bits per heavy atom. The first-order chi connectivity index (χ1) is 8.27. The molecule has 0 radical (unpaired) electrons. The van der Waals surface area contributed by atoms with E-state index >= 15 is 0 Å². The molecule has 0 bridgehead atoms. The lowest BCUT2D eigenvalue weighted by Crippen LogP contribution is -2.41. The second kappa shape index (κ2) is 3.88. The van der Waals surface area contributed by atoms with Gasteiger partial charge in [-0.1, -0.05) is 0 Å². The van der Waals surface area contributed by atoms with Gasteiger partial charge in [-0.2, -0.15) is 0 Å². The Morgan fingerprint density at radius 2 is 1.50 bits per heavy atom. The molecule has 0 amide bonds. The van der Waals surface area contributed by atoms with Crippen LogP contribution < -0.4 is 5.73 Å². The number of ether oxygens (including phenoxy) is 5. The van der Waals surface area contributed by atoms with Crippen LogP contribution in [0.1, 0.15) is 27.7 Å². The fourth-order valence-electron chi connectivity index (χ4n) is 2.64. The van der Waals surface area contributed by atoms with Gasteiger partial charge in [-0.25, -0.2) is 0 Å². The third-order valence-electron chi connectivity index (χ3n) is 3.45. The highest BCUT2D eigenvalue weighted by atomic mass is 16.8. The van der Waals surface area contributed by atoms with E-state index in [2.05, 4.69) is 0 Å². The van der Waals surface area contributed by atoms with Crippen LogP contribution in [-0.4, -0.2) is 48.8 Å². The van der Waals surface area contributed by atoms with E-state index in [1.807, 2.05) is 27.7 Å². The fourth-order valence-corrected chi connectivity index (χ4v) is 2.64. The van der Waals surface area contributed by atoms with E-state index in [0.717, 1.165) is 0 Å². The standard InChI is InChI=1S/C12H21NO5/c1-11(2)14-5-6(16-11)7-8(9-10(13)15-9)18-12(3,4)17-7/h6-10H,5,13H2,1-4H3/t6-,7-,8+,9+,10?/m1/s1. The average molecular weight is 259 g/mol. The van der Waals surface area contributed by atoms with E-state index in [-0.39, 0.29) is 30.6 Å². The normalized spacial score (nSPS) is 49.5. The fraction of sp³-hybridized carbons (Fsp3) is 1.00. The molecule has 3 saturated heterocycles. The largest absolute Gasteiger partial charge is 0.351 e. The van der Waals surface area contributed by atoms with Crippen LogP contribution in [0.2, 0.25) is 0 Å². The van der Waals surface area contributed by atoms with Crippen molar-refractivity contribution in [2.75, 3.05) is 6.61 Å². The van der Waals surface area contributed by atoms with Gasteiger partial charge >= 0.3 is 0 Å². The van der Waals surface area contributed by atoms with Gasteiger partial charge in [0.1, 0.15) is 30.6 Å². The van der Waals surface area contributed by atoms with Crippen LogP contribution in [0.3, 0.4) is 0 Å². The van der Waals surface area contributed by atoms with Crippen LogP contribution in [0.4, 0.5) is 0 Å². The lowest BCUT2D eigenvalue weighted by atomic mass is 10.1. The third kappa shape index (κ3) is 2.29. The molecule has 0 saturated carbocycles. The molecule has 3 heterocycles. The molecule has 3 aliphatic heterocycles. The van der Waals surface area contributed by atoms with Crippen molar-refractivity contribution in [3.05, 3.63) is 0 Å². The van der Waals surface area contributed by atoms with Gasteiger partial charge in [-0.05, 0) is 27.7 Å². The summed E-state index contributed by atoms with van der Waals surface area (Å²) in [6, 6.07) is 0. The molecule has 0 aromatic heterocycles. The van der Waals surface area contributed by atoms with Gasteiger partial charge in [0.15, 0.2) is 11.6 Å².